The predicted octanol–water partition coefficient (Wildman–Crippen LogP) is 1.73. The highest BCUT2D eigenvalue weighted by molar-refractivity contribution is 7.89. The number of hydrogen-bond acceptors (Lipinski definition) is 3. The average Bonchev–Trinajstić information content (AvgIpc) is 2.34. The van der Waals surface area contributed by atoms with Gasteiger partial charge in [0.1, 0.15) is 0 Å². The molecule has 0 aromatic rings. The van der Waals surface area contributed by atoms with Crippen LogP contribution in [0.3, 0.4) is 0 Å². The quantitative estimate of drug-likeness (QED) is 0.813. The summed E-state index contributed by atoms with van der Waals surface area (Å²) in [4.78, 5) is 0. The van der Waals surface area contributed by atoms with E-state index in [-0.39, 0.29) is 11.8 Å². The van der Waals surface area contributed by atoms with Crippen molar-refractivity contribution in [2.45, 2.75) is 44.3 Å². The van der Waals surface area contributed by atoms with Crippen molar-refractivity contribution in [3.05, 3.63) is 0 Å². The molecule has 8 heteroatoms. The van der Waals surface area contributed by atoms with Crippen LogP contribution in [-0.4, -0.2) is 50.8 Å². The molecule has 1 saturated heterocycles. The fourth-order valence-corrected chi connectivity index (χ4v) is 3.30. The maximum absolute atomic E-state index is 12.0. The topological polar surface area (TPSA) is 49.4 Å². The molecule has 1 aliphatic rings. The van der Waals surface area contributed by atoms with Gasteiger partial charge in [-0.05, 0) is 25.8 Å². The number of hydrogen-bond donors (Lipinski definition) is 1. The zero-order chi connectivity index (χ0) is 14.5. The van der Waals surface area contributed by atoms with Gasteiger partial charge in [0.05, 0.1) is 12.2 Å². The molecular weight excluding hydrogens is 281 g/mol. The summed E-state index contributed by atoms with van der Waals surface area (Å²) in [5.41, 5.74) is 0. The number of nitrogens with zero attached hydrogens (tertiary/aromatic N) is 1. The molecule has 0 aromatic heterocycles. The van der Waals surface area contributed by atoms with E-state index in [1.165, 1.54) is 7.05 Å². The van der Waals surface area contributed by atoms with Crippen LogP contribution in [0.2, 0.25) is 0 Å². The zero-order valence-electron chi connectivity index (χ0n) is 11.0. The molecule has 19 heavy (non-hydrogen) atoms. The van der Waals surface area contributed by atoms with Gasteiger partial charge in [-0.2, -0.15) is 13.2 Å². The lowest BCUT2D eigenvalue weighted by atomic mass is 10.0. The van der Waals surface area contributed by atoms with E-state index < -0.39 is 29.2 Å². The van der Waals surface area contributed by atoms with Gasteiger partial charge in [-0.1, -0.05) is 6.42 Å². The second-order valence-electron chi connectivity index (χ2n) is 4.94. The Hall–Kier alpha value is -0.340. The van der Waals surface area contributed by atoms with Crippen LogP contribution in [0.4, 0.5) is 13.2 Å². The highest BCUT2D eigenvalue weighted by Gasteiger charge is 2.30. The van der Waals surface area contributed by atoms with Crippen molar-refractivity contribution >= 4 is 10.0 Å². The van der Waals surface area contributed by atoms with Crippen LogP contribution >= 0.6 is 0 Å². The molecule has 1 N–H and O–H groups in total. The first-order chi connectivity index (χ1) is 8.71. The Morgan fingerprint density at radius 1 is 1.32 bits per heavy atom. The summed E-state index contributed by atoms with van der Waals surface area (Å²) in [5, 5.41) is 3.22. The highest BCUT2D eigenvalue weighted by atomic mass is 32.2. The lowest BCUT2D eigenvalue weighted by molar-refractivity contribution is -0.135. The lowest BCUT2D eigenvalue weighted by Gasteiger charge is -2.24. The number of nitrogens with one attached hydrogen (secondary N) is 1. The van der Waals surface area contributed by atoms with Gasteiger partial charge >= 0.3 is 6.18 Å². The Balaban J connectivity index is 2.37. The third-order valence-corrected chi connectivity index (χ3v) is 5.21. The molecule has 1 rings (SSSR count). The Labute approximate surface area is 112 Å². The van der Waals surface area contributed by atoms with E-state index in [0.717, 1.165) is 30.1 Å². The lowest BCUT2D eigenvalue weighted by Crippen LogP contribution is -2.38. The number of halogens is 3. The molecule has 0 amide bonds. The zero-order valence-corrected chi connectivity index (χ0v) is 11.9. The molecule has 0 aliphatic carbocycles. The van der Waals surface area contributed by atoms with Crippen molar-refractivity contribution < 1.29 is 21.6 Å². The molecule has 1 heterocycles. The molecule has 0 saturated carbocycles. The van der Waals surface area contributed by atoms with Crippen molar-refractivity contribution in [3.8, 4) is 0 Å². The molecule has 0 bridgehead atoms. The smallest absolute Gasteiger partial charge is 0.314 e. The van der Waals surface area contributed by atoms with Gasteiger partial charge in [-0.25, -0.2) is 12.7 Å². The number of sulfonamides is 1. The Bertz CT molecular complexity index is 365. The summed E-state index contributed by atoms with van der Waals surface area (Å²) in [6.07, 6.45) is -1.88. The van der Waals surface area contributed by atoms with Crippen molar-refractivity contribution in [2.75, 3.05) is 25.9 Å². The number of piperidine rings is 1. The van der Waals surface area contributed by atoms with Crippen LogP contribution < -0.4 is 5.32 Å². The molecular formula is C11H21F3N2O2S. The minimum Gasteiger partial charge on any atom is -0.314 e. The first kappa shape index (κ1) is 16.7. The second-order valence-corrected chi connectivity index (χ2v) is 7.13. The van der Waals surface area contributed by atoms with Crippen LogP contribution in [0.1, 0.15) is 32.1 Å². The van der Waals surface area contributed by atoms with E-state index in [4.69, 9.17) is 0 Å². The number of rotatable bonds is 6. The Kier molecular flexibility index (Phi) is 6.07. The largest absolute Gasteiger partial charge is 0.390 e. The molecule has 1 atom stereocenters. The molecule has 114 valence electrons. The fourth-order valence-electron chi connectivity index (χ4n) is 2.04. The third kappa shape index (κ3) is 6.58. The summed E-state index contributed by atoms with van der Waals surface area (Å²) < 4.78 is 60.6. The van der Waals surface area contributed by atoms with Gasteiger partial charge in [0.25, 0.3) is 0 Å². The van der Waals surface area contributed by atoms with E-state index in [9.17, 15) is 21.6 Å². The predicted molar refractivity (Wildman–Crippen MR) is 67.3 cm³/mol. The van der Waals surface area contributed by atoms with E-state index >= 15 is 0 Å². The molecule has 0 spiro atoms. The van der Waals surface area contributed by atoms with Crippen LogP contribution in [0.15, 0.2) is 0 Å². The van der Waals surface area contributed by atoms with Crippen LogP contribution in [0.25, 0.3) is 0 Å². The van der Waals surface area contributed by atoms with Gasteiger partial charge in [-0.3, -0.25) is 0 Å². The van der Waals surface area contributed by atoms with Gasteiger partial charge < -0.3 is 5.32 Å². The standard InChI is InChI=1S/C11H21F3N2O2S/c1-16(8-6-11(12,13)14)19(17,18)9-5-10-4-2-3-7-15-10/h10,15H,2-9H2,1H3. The van der Waals surface area contributed by atoms with E-state index in [1.807, 2.05) is 0 Å². The monoisotopic (exact) mass is 302 g/mol. The molecule has 0 aromatic carbocycles. The van der Waals surface area contributed by atoms with Gasteiger partial charge in [-0.15, -0.1) is 0 Å². The summed E-state index contributed by atoms with van der Waals surface area (Å²) in [6.45, 7) is 0.374. The van der Waals surface area contributed by atoms with Gasteiger partial charge in [0.15, 0.2) is 0 Å². The molecule has 0 radical (unpaired) electrons. The molecule has 1 aliphatic heterocycles. The summed E-state index contributed by atoms with van der Waals surface area (Å²) in [6, 6.07) is 0.166. The van der Waals surface area contributed by atoms with Crippen molar-refractivity contribution in [2.24, 2.45) is 0 Å². The SMILES string of the molecule is CN(CCC(F)(F)F)S(=O)(=O)CCC1CCCCN1. The summed E-state index contributed by atoms with van der Waals surface area (Å²) in [5.74, 6) is -0.0982. The van der Waals surface area contributed by atoms with Gasteiger partial charge in [0.2, 0.25) is 10.0 Å². The summed E-state index contributed by atoms with van der Waals surface area (Å²) >= 11 is 0. The minimum atomic E-state index is -4.32. The average molecular weight is 302 g/mol. The van der Waals surface area contributed by atoms with Gasteiger partial charge in [0, 0.05) is 19.6 Å². The molecule has 1 unspecified atom stereocenters. The summed E-state index contributed by atoms with van der Waals surface area (Å²) in [7, 11) is -2.39. The Morgan fingerprint density at radius 2 is 2.00 bits per heavy atom. The van der Waals surface area contributed by atoms with E-state index in [0.29, 0.717) is 6.42 Å². The van der Waals surface area contributed by atoms with Crippen LogP contribution in [0, 0.1) is 0 Å². The first-order valence-electron chi connectivity index (χ1n) is 6.45. The van der Waals surface area contributed by atoms with E-state index in [2.05, 4.69) is 5.32 Å². The van der Waals surface area contributed by atoms with Crippen LogP contribution in [0.5, 0.6) is 0 Å². The van der Waals surface area contributed by atoms with E-state index in [1.54, 1.807) is 0 Å². The van der Waals surface area contributed by atoms with Crippen molar-refractivity contribution in [1.82, 2.24) is 9.62 Å². The van der Waals surface area contributed by atoms with Crippen molar-refractivity contribution in [3.63, 3.8) is 0 Å². The Morgan fingerprint density at radius 3 is 2.53 bits per heavy atom. The second kappa shape index (κ2) is 6.90. The molecule has 1 fully saturated rings. The van der Waals surface area contributed by atoms with Crippen molar-refractivity contribution in [1.29, 1.82) is 0 Å². The normalized spacial score (nSPS) is 21.8. The first-order valence-corrected chi connectivity index (χ1v) is 8.06. The fraction of sp³-hybridized carbons (Fsp3) is 1.00. The maximum Gasteiger partial charge on any atom is 0.390 e. The van der Waals surface area contributed by atoms with Crippen LogP contribution in [-0.2, 0) is 10.0 Å². The molecule has 4 nitrogen and oxygen atoms in total. The maximum atomic E-state index is 12.0. The number of alkyl halides is 3. The highest BCUT2D eigenvalue weighted by Crippen LogP contribution is 2.20. The minimum absolute atomic E-state index is 0.0982. The third-order valence-electron chi connectivity index (χ3n) is 3.32.